The molecule has 0 radical (unpaired) electrons. The van der Waals surface area contributed by atoms with Gasteiger partial charge in [0.2, 0.25) is 0 Å². The van der Waals surface area contributed by atoms with Crippen LogP contribution in [0.2, 0.25) is 5.02 Å². The number of furan rings is 1. The minimum atomic E-state index is -0.281. The number of benzene rings is 1. The molecular formula is C21H24ClN3O3. The maximum Gasteiger partial charge on any atom is 0.287 e. The zero-order chi connectivity index (χ0) is 20.3. The zero-order valence-electron chi connectivity index (χ0n) is 16.5. The number of aromatic nitrogens is 2. The van der Waals surface area contributed by atoms with Crippen LogP contribution >= 0.6 is 11.6 Å². The topological polar surface area (TPSA) is 69.3 Å². The number of hydrogen-bond donors (Lipinski definition) is 1. The van der Waals surface area contributed by atoms with Gasteiger partial charge in [-0.25, -0.2) is 0 Å². The molecule has 0 aliphatic heterocycles. The smallest absolute Gasteiger partial charge is 0.287 e. The second kappa shape index (κ2) is 8.52. The number of para-hydroxylation sites is 1. The molecule has 0 aliphatic carbocycles. The van der Waals surface area contributed by atoms with E-state index in [1.54, 1.807) is 18.2 Å². The maximum atomic E-state index is 12.5. The van der Waals surface area contributed by atoms with Gasteiger partial charge in [0.25, 0.3) is 5.91 Å². The molecule has 1 atom stereocenters. The first kappa shape index (κ1) is 20.0. The van der Waals surface area contributed by atoms with E-state index < -0.39 is 0 Å². The molecule has 0 spiro atoms. The van der Waals surface area contributed by atoms with Gasteiger partial charge in [-0.3, -0.25) is 9.48 Å². The van der Waals surface area contributed by atoms with E-state index in [0.717, 1.165) is 23.4 Å². The van der Waals surface area contributed by atoms with E-state index in [9.17, 15) is 4.79 Å². The van der Waals surface area contributed by atoms with Crippen LogP contribution in [-0.4, -0.2) is 15.7 Å². The predicted molar refractivity (Wildman–Crippen MR) is 108 cm³/mol. The number of aryl methyl sites for hydroxylation is 3. The number of ether oxygens (including phenoxy) is 1. The number of carbonyl (C=O) groups is 1. The van der Waals surface area contributed by atoms with Crippen molar-refractivity contribution in [3.8, 4) is 5.75 Å². The molecule has 28 heavy (non-hydrogen) atoms. The highest BCUT2D eigenvalue weighted by atomic mass is 35.5. The van der Waals surface area contributed by atoms with Gasteiger partial charge in [0.15, 0.2) is 5.76 Å². The molecule has 1 N–H and O–H groups in total. The summed E-state index contributed by atoms with van der Waals surface area (Å²) in [6.45, 7) is 8.78. The molecule has 2 aromatic heterocycles. The van der Waals surface area contributed by atoms with Crippen LogP contribution in [0.4, 0.5) is 0 Å². The molecule has 3 rings (SSSR count). The molecule has 1 amide bonds. The third kappa shape index (κ3) is 4.39. The van der Waals surface area contributed by atoms with Gasteiger partial charge in [0.05, 0.1) is 16.8 Å². The predicted octanol–water partition coefficient (Wildman–Crippen LogP) is 4.84. The fourth-order valence-corrected chi connectivity index (χ4v) is 3.26. The maximum absolute atomic E-state index is 12.5. The van der Waals surface area contributed by atoms with Crippen molar-refractivity contribution in [2.75, 3.05) is 0 Å². The second-order valence-corrected chi connectivity index (χ2v) is 7.07. The lowest BCUT2D eigenvalue weighted by Crippen LogP contribution is -2.26. The first-order chi connectivity index (χ1) is 13.4. The Morgan fingerprint density at radius 1 is 1.32 bits per heavy atom. The van der Waals surface area contributed by atoms with E-state index in [4.69, 9.17) is 20.8 Å². The Morgan fingerprint density at radius 3 is 2.79 bits per heavy atom. The Balaban J connectivity index is 1.63. The lowest BCUT2D eigenvalue weighted by Gasteiger charge is -2.12. The van der Waals surface area contributed by atoms with Crippen molar-refractivity contribution < 1.29 is 13.9 Å². The van der Waals surface area contributed by atoms with E-state index in [1.165, 1.54) is 0 Å². The van der Waals surface area contributed by atoms with Gasteiger partial charge in [-0.05, 0) is 51.5 Å². The Labute approximate surface area is 169 Å². The highest BCUT2D eigenvalue weighted by molar-refractivity contribution is 6.32. The van der Waals surface area contributed by atoms with Gasteiger partial charge in [-0.1, -0.05) is 23.7 Å². The fourth-order valence-electron chi connectivity index (χ4n) is 2.99. The quantitative estimate of drug-likeness (QED) is 0.615. The van der Waals surface area contributed by atoms with Crippen molar-refractivity contribution in [2.24, 2.45) is 0 Å². The zero-order valence-corrected chi connectivity index (χ0v) is 17.2. The summed E-state index contributed by atoms with van der Waals surface area (Å²) in [7, 11) is 0. The van der Waals surface area contributed by atoms with E-state index in [2.05, 4.69) is 10.4 Å². The van der Waals surface area contributed by atoms with E-state index in [-0.39, 0.29) is 24.3 Å². The Morgan fingerprint density at radius 2 is 2.11 bits per heavy atom. The van der Waals surface area contributed by atoms with Crippen molar-refractivity contribution in [1.82, 2.24) is 15.1 Å². The van der Waals surface area contributed by atoms with Gasteiger partial charge in [-0.2, -0.15) is 5.10 Å². The third-order valence-electron chi connectivity index (χ3n) is 4.53. The van der Waals surface area contributed by atoms with Gasteiger partial charge < -0.3 is 14.5 Å². The average Bonchev–Trinajstić information content (AvgIpc) is 3.28. The Hall–Kier alpha value is -2.73. The summed E-state index contributed by atoms with van der Waals surface area (Å²) in [6, 6.07) is 8.76. The van der Waals surface area contributed by atoms with E-state index in [1.807, 2.05) is 50.7 Å². The largest absolute Gasteiger partial charge is 0.484 e. The number of rotatable bonds is 7. The summed E-state index contributed by atoms with van der Waals surface area (Å²) in [6.07, 6.45) is 1.95. The molecule has 2 heterocycles. The third-order valence-corrected chi connectivity index (χ3v) is 4.83. The summed E-state index contributed by atoms with van der Waals surface area (Å²) in [5.41, 5.74) is 2.83. The monoisotopic (exact) mass is 401 g/mol. The molecule has 1 aromatic carbocycles. The molecule has 6 nitrogen and oxygen atoms in total. The molecule has 0 bridgehead atoms. The van der Waals surface area contributed by atoms with E-state index in [0.29, 0.717) is 16.5 Å². The van der Waals surface area contributed by atoms with Gasteiger partial charge in [0.1, 0.15) is 18.1 Å². The second-order valence-electron chi connectivity index (χ2n) is 6.66. The summed E-state index contributed by atoms with van der Waals surface area (Å²) in [5, 5.41) is 7.91. The molecule has 148 valence electrons. The summed E-state index contributed by atoms with van der Waals surface area (Å²) in [5.74, 6) is 1.12. The van der Waals surface area contributed by atoms with Crippen LogP contribution < -0.4 is 10.1 Å². The fraction of sp³-hybridized carbons (Fsp3) is 0.333. The minimum absolute atomic E-state index is 0.177. The first-order valence-corrected chi connectivity index (χ1v) is 9.58. The van der Waals surface area contributed by atoms with Crippen LogP contribution in [0.15, 0.2) is 40.9 Å². The number of nitrogens with zero attached hydrogens (tertiary/aromatic N) is 2. The molecule has 7 heteroatoms. The first-order valence-electron chi connectivity index (χ1n) is 9.20. The van der Waals surface area contributed by atoms with Crippen LogP contribution in [0, 0.1) is 13.8 Å². The summed E-state index contributed by atoms with van der Waals surface area (Å²) >= 11 is 6.17. The molecule has 0 fully saturated rings. The van der Waals surface area contributed by atoms with Crippen LogP contribution in [0.25, 0.3) is 0 Å². The number of hydrogen-bond acceptors (Lipinski definition) is 4. The van der Waals surface area contributed by atoms with Crippen LogP contribution in [0.5, 0.6) is 5.75 Å². The van der Waals surface area contributed by atoms with E-state index >= 15 is 0 Å². The van der Waals surface area contributed by atoms with Gasteiger partial charge in [0, 0.05) is 18.3 Å². The molecule has 1 unspecified atom stereocenters. The van der Waals surface area contributed by atoms with Crippen molar-refractivity contribution >= 4 is 17.5 Å². The van der Waals surface area contributed by atoms with Crippen molar-refractivity contribution in [3.63, 3.8) is 0 Å². The number of carbonyl (C=O) groups excluding carboxylic acids is 1. The minimum Gasteiger partial charge on any atom is -0.484 e. The van der Waals surface area contributed by atoms with Crippen LogP contribution in [-0.2, 0) is 13.2 Å². The number of halogens is 1. The number of nitrogens with one attached hydrogen (secondary N) is 1. The molecule has 0 saturated heterocycles. The summed E-state index contributed by atoms with van der Waals surface area (Å²) < 4.78 is 13.3. The van der Waals surface area contributed by atoms with Crippen LogP contribution in [0.3, 0.4) is 0 Å². The lowest BCUT2D eigenvalue weighted by atomic mass is 10.1. The lowest BCUT2D eigenvalue weighted by molar-refractivity contribution is 0.0907. The van der Waals surface area contributed by atoms with Crippen LogP contribution in [0.1, 0.15) is 53.0 Å². The Bertz CT molecular complexity index is 957. The van der Waals surface area contributed by atoms with Crippen molar-refractivity contribution in [1.29, 1.82) is 0 Å². The normalized spacial score (nSPS) is 12.0. The standard InChI is InChI=1S/C21H24ClN3O3/c1-5-25-11-17(15(4)24-25)14(3)23-21(26)19-10-9-16(28-19)12-27-20-13(2)7-6-8-18(20)22/h6-11,14H,5,12H2,1-4H3,(H,23,26). The number of amides is 1. The molecular weight excluding hydrogens is 378 g/mol. The highest BCUT2D eigenvalue weighted by Crippen LogP contribution is 2.28. The summed E-state index contributed by atoms with van der Waals surface area (Å²) in [4.78, 5) is 12.5. The van der Waals surface area contributed by atoms with Crippen molar-refractivity contribution in [3.05, 3.63) is 69.9 Å². The highest BCUT2D eigenvalue weighted by Gasteiger charge is 2.18. The molecule has 0 saturated carbocycles. The van der Waals surface area contributed by atoms with Gasteiger partial charge >= 0.3 is 0 Å². The Kier molecular flexibility index (Phi) is 6.09. The average molecular weight is 402 g/mol. The SMILES string of the molecule is CCn1cc(C(C)NC(=O)c2ccc(COc3c(C)cccc3Cl)o2)c(C)n1. The molecule has 0 aliphatic rings. The molecule has 3 aromatic rings. The van der Waals surface area contributed by atoms with Gasteiger partial charge in [-0.15, -0.1) is 0 Å². The van der Waals surface area contributed by atoms with Crippen molar-refractivity contribution in [2.45, 2.75) is 46.9 Å².